The lowest BCUT2D eigenvalue weighted by Gasteiger charge is -2.18. The van der Waals surface area contributed by atoms with Crippen molar-refractivity contribution >= 4 is 17.9 Å². The molecule has 0 unspecified atom stereocenters. The highest BCUT2D eigenvalue weighted by molar-refractivity contribution is 5.71. The van der Waals surface area contributed by atoms with Gasteiger partial charge in [-0.05, 0) is 25.2 Å². The molecule has 6 nitrogen and oxygen atoms in total. The number of hydrogen-bond donors (Lipinski definition) is 0. The van der Waals surface area contributed by atoms with Crippen LogP contribution in [0.2, 0.25) is 0 Å². The van der Waals surface area contributed by atoms with Gasteiger partial charge in [0.2, 0.25) is 0 Å². The quantitative estimate of drug-likeness (QED) is 0.0345. The Bertz CT molecular complexity index is 887. The Hall–Kier alpha value is -1.59. The average molecular weight is 835 g/mol. The van der Waals surface area contributed by atoms with Crippen LogP contribution in [0.5, 0.6) is 0 Å². The van der Waals surface area contributed by atoms with Crippen molar-refractivity contribution in [1.29, 1.82) is 0 Å². The highest BCUT2D eigenvalue weighted by Gasteiger charge is 2.19. The van der Waals surface area contributed by atoms with Crippen molar-refractivity contribution in [1.82, 2.24) is 0 Å². The number of ether oxygens (including phenoxy) is 3. The first kappa shape index (κ1) is 57.4. The summed E-state index contributed by atoms with van der Waals surface area (Å²) in [6.45, 7) is 9.03. The number of rotatable bonds is 48. The fourth-order valence-electron chi connectivity index (χ4n) is 8.04. The first-order valence-electron chi connectivity index (χ1n) is 26.4. The number of carbonyl (C=O) groups is 3. The molecule has 350 valence electrons. The third kappa shape index (κ3) is 47.3. The molecule has 59 heavy (non-hydrogen) atoms. The number of carbonyl (C=O) groups excluding carboxylic acids is 3. The molecule has 0 bridgehead atoms. The summed E-state index contributed by atoms with van der Waals surface area (Å²) < 4.78 is 16.8. The van der Waals surface area contributed by atoms with Crippen molar-refractivity contribution < 1.29 is 28.6 Å². The maximum Gasteiger partial charge on any atom is 0.306 e. The van der Waals surface area contributed by atoms with Crippen molar-refractivity contribution in [2.75, 3.05) is 13.2 Å². The van der Waals surface area contributed by atoms with E-state index in [1.807, 2.05) is 0 Å². The van der Waals surface area contributed by atoms with E-state index in [4.69, 9.17) is 14.2 Å². The molecular formula is C53H102O6. The molecule has 0 spiro atoms. The molecule has 0 aromatic rings. The van der Waals surface area contributed by atoms with Gasteiger partial charge in [0, 0.05) is 19.3 Å². The highest BCUT2D eigenvalue weighted by Crippen LogP contribution is 2.17. The molecule has 0 aliphatic rings. The summed E-state index contributed by atoms with van der Waals surface area (Å²) >= 11 is 0. The summed E-state index contributed by atoms with van der Waals surface area (Å²) in [7, 11) is 0. The average Bonchev–Trinajstić information content (AvgIpc) is 3.22. The molecule has 0 saturated heterocycles. The molecule has 0 aliphatic carbocycles. The van der Waals surface area contributed by atoms with Crippen LogP contribution in [0, 0.1) is 5.92 Å². The second-order valence-corrected chi connectivity index (χ2v) is 18.6. The molecule has 0 heterocycles. The minimum absolute atomic E-state index is 0.0625. The first-order chi connectivity index (χ1) is 28.9. The van der Waals surface area contributed by atoms with Crippen LogP contribution in [-0.4, -0.2) is 37.2 Å². The molecule has 0 aliphatic heterocycles. The molecule has 0 amide bonds. The zero-order valence-electron chi connectivity index (χ0n) is 40.2. The van der Waals surface area contributed by atoms with Gasteiger partial charge in [-0.25, -0.2) is 0 Å². The Kier molecular flexibility index (Phi) is 46.2. The zero-order chi connectivity index (χ0) is 43.1. The van der Waals surface area contributed by atoms with Crippen LogP contribution in [0.4, 0.5) is 0 Å². The lowest BCUT2D eigenvalue weighted by Crippen LogP contribution is -2.30. The van der Waals surface area contributed by atoms with Crippen molar-refractivity contribution in [2.24, 2.45) is 5.92 Å². The molecule has 1 atom stereocenters. The number of hydrogen-bond acceptors (Lipinski definition) is 6. The minimum Gasteiger partial charge on any atom is -0.462 e. The molecule has 0 fully saturated rings. The van der Waals surface area contributed by atoms with Crippen LogP contribution in [-0.2, 0) is 28.6 Å². The Labute approximate surface area is 368 Å². The van der Waals surface area contributed by atoms with E-state index in [2.05, 4.69) is 27.7 Å². The van der Waals surface area contributed by atoms with Crippen LogP contribution in [0.1, 0.15) is 297 Å². The summed E-state index contributed by atoms with van der Waals surface area (Å²) in [5.41, 5.74) is 0. The summed E-state index contributed by atoms with van der Waals surface area (Å²) in [5.74, 6) is 0.00190. The van der Waals surface area contributed by atoms with Crippen LogP contribution < -0.4 is 0 Å². The summed E-state index contributed by atoms with van der Waals surface area (Å²) in [6.07, 6.45) is 49.4. The Morgan fingerprint density at radius 1 is 0.322 bits per heavy atom. The predicted octanol–water partition coefficient (Wildman–Crippen LogP) is 17.1. The maximum absolute atomic E-state index is 12.8. The van der Waals surface area contributed by atoms with Crippen molar-refractivity contribution in [3.63, 3.8) is 0 Å². The van der Waals surface area contributed by atoms with Gasteiger partial charge in [-0.2, -0.15) is 0 Å². The van der Waals surface area contributed by atoms with E-state index in [9.17, 15) is 14.4 Å². The standard InChI is InChI=1S/C53H102O6/c1-5-7-9-11-13-15-17-20-26-30-34-38-42-46-53(56)59-50(47-57-51(54)44-40-36-32-28-23-16-14-12-10-8-6-2)48-58-52(55)45-41-37-33-29-25-22-19-18-21-24-27-31-35-39-43-49(3)4/h49-50H,5-48H2,1-4H3/t50-/m1/s1. The van der Waals surface area contributed by atoms with Gasteiger partial charge < -0.3 is 14.2 Å². The van der Waals surface area contributed by atoms with Gasteiger partial charge in [0.15, 0.2) is 6.10 Å². The van der Waals surface area contributed by atoms with Gasteiger partial charge in [0.05, 0.1) is 0 Å². The number of esters is 3. The Balaban J connectivity index is 4.27. The zero-order valence-corrected chi connectivity index (χ0v) is 40.2. The van der Waals surface area contributed by atoms with E-state index < -0.39 is 6.10 Å². The third-order valence-corrected chi connectivity index (χ3v) is 12.0. The third-order valence-electron chi connectivity index (χ3n) is 12.0. The van der Waals surface area contributed by atoms with Crippen molar-refractivity contribution in [3.8, 4) is 0 Å². The molecular weight excluding hydrogens is 733 g/mol. The van der Waals surface area contributed by atoms with Gasteiger partial charge in [-0.3, -0.25) is 14.4 Å². The monoisotopic (exact) mass is 835 g/mol. The van der Waals surface area contributed by atoms with E-state index in [1.165, 1.54) is 193 Å². The smallest absolute Gasteiger partial charge is 0.306 e. The summed E-state index contributed by atoms with van der Waals surface area (Å²) in [6, 6.07) is 0. The highest BCUT2D eigenvalue weighted by atomic mass is 16.6. The van der Waals surface area contributed by atoms with Gasteiger partial charge in [0.1, 0.15) is 13.2 Å². The molecule has 0 saturated carbocycles. The Morgan fingerprint density at radius 3 is 0.831 bits per heavy atom. The van der Waals surface area contributed by atoms with E-state index in [0.29, 0.717) is 19.3 Å². The van der Waals surface area contributed by atoms with E-state index in [-0.39, 0.29) is 31.1 Å². The van der Waals surface area contributed by atoms with Crippen LogP contribution in [0.25, 0.3) is 0 Å². The lowest BCUT2D eigenvalue weighted by atomic mass is 10.0. The van der Waals surface area contributed by atoms with Gasteiger partial charge in [-0.15, -0.1) is 0 Å². The fraction of sp³-hybridized carbons (Fsp3) is 0.943. The topological polar surface area (TPSA) is 78.9 Å². The van der Waals surface area contributed by atoms with E-state index in [1.54, 1.807) is 0 Å². The second kappa shape index (κ2) is 47.5. The van der Waals surface area contributed by atoms with Gasteiger partial charge in [-0.1, -0.05) is 259 Å². The van der Waals surface area contributed by atoms with E-state index >= 15 is 0 Å². The van der Waals surface area contributed by atoms with Crippen LogP contribution >= 0.6 is 0 Å². The molecule has 0 aromatic heterocycles. The summed E-state index contributed by atoms with van der Waals surface area (Å²) in [4.78, 5) is 37.9. The number of unbranched alkanes of at least 4 members (excludes halogenated alkanes) is 35. The fourth-order valence-corrected chi connectivity index (χ4v) is 8.04. The molecule has 6 heteroatoms. The van der Waals surface area contributed by atoms with Crippen LogP contribution in [0.3, 0.4) is 0 Å². The Morgan fingerprint density at radius 2 is 0.559 bits per heavy atom. The second-order valence-electron chi connectivity index (χ2n) is 18.6. The lowest BCUT2D eigenvalue weighted by molar-refractivity contribution is -0.167. The summed E-state index contributed by atoms with van der Waals surface area (Å²) in [5, 5.41) is 0. The molecule has 0 rings (SSSR count). The minimum atomic E-state index is -0.760. The molecule has 0 aromatic carbocycles. The van der Waals surface area contributed by atoms with Gasteiger partial charge >= 0.3 is 17.9 Å². The van der Waals surface area contributed by atoms with Gasteiger partial charge in [0.25, 0.3) is 0 Å². The van der Waals surface area contributed by atoms with Crippen LogP contribution in [0.15, 0.2) is 0 Å². The SMILES string of the molecule is CCCCCCCCCCCCCCCC(=O)O[C@H](COC(=O)CCCCCCCCCCCCC)COC(=O)CCCCCCCCCCCCCCCCC(C)C. The molecule has 0 radical (unpaired) electrons. The van der Waals surface area contributed by atoms with E-state index in [0.717, 1.165) is 63.7 Å². The largest absolute Gasteiger partial charge is 0.462 e. The van der Waals surface area contributed by atoms with Crippen molar-refractivity contribution in [3.05, 3.63) is 0 Å². The van der Waals surface area contributed by atoms with Crippen molar-refractivity contribution in [2.45, 2.75) is 303 Å². The normalized spacial score (nSPS) is 11.9. The predicted molar refractivity (Wildman–Crippen MR) is 252 cm³/mol. The maximum atomic E-state index is 12.8. The molecule has 0 N–H and O–H groups in total. The first-order valence-corrected chi connectivity index (χ1v) is 26.4.